The lowest BCUT2D eigenvalue weighted by Gasteiger charge is -2.20. The zero-order valence-corrected chi connectivity index (χ0v) is 13.4. The number of carbonyl (C=O) groups excluding carboxylic acids is 1. The first kappa shape index (κ1) is 15.5. The maximum absolute atomic E-state index is 13.2. The summed E-state index contributed by atoms with van der Waals surface area (Å²) in [6.45, 7) is 4.09. The van der Waals surface area contributed by atoms with E-state index in [2.05, 4.69) is 17.6 Å². The average molecular weight is 312 g/mol. The number of halogens is 1. The monoisotopic (exact) mass is 312 g/mol. The van der Waals surface area contributed by atoms with Gasteiger partial charge in [-0.05, 0) is 67.6 Å². The van der Waals surface area contributed by atoms with Gasteiger partial charge in [-0.2, -0.15) is 0 Å². The number of rotatable bonds is 5. The maximum atomic E-state index is 13.2. The second-order valence-corrected chi connectivity index (χ2v) is 6.21. The Balaban J connectivity index is 1.85. The standard InChI is InChI=1S/C19H21FN2O/c1-12-3-8-17(11-13(12)2)21-18(19(23)22-16-9-10-16)14-4-6-15(20)7-5-14/h3-8,11,16,18,21H,9-10H2,1-2H3,(H,22,23)/t18-/m0/s1. The van der Waals surface area contributed by atoms with Gasteiger partial charge >= 0.3 is 0 Å². The maximum Gasteiger partial charge on any atom is 0.247 e. The molecule has 23 heavy (non-hydrogen) atoms. The number of amides is 1. The van der Waals surface area contributed by atoms with E-state index in [1.807, 2.05) is 25.1 Å². The molecule has 3 nitrogen and oxygen atoms in total. The van der Waals surface area contributed by atoms with Crippen LogP contribution in [0.4, 0.5) is 10.1 Å². The lowest BCUT2D eigenvalue weighted by Crippen LogP contribution is -2.34. The van der Waals surface area contributed by atoms with Crippen LogP contribution in [0.15, 0.2) is 42.5 Å². The number of nitrogens with one attached hydrogen (secondary N) is 2. The molecule has 1 aliphatic carbocycles. The molecule has 0 heterocycles. The van der Waals surface area contributed by atoms with Crippen molar-refractivity contribution in [1.82, 2.24) is 5.32 Å². The third-order valence-electron chi connectivity index (χ3n) is 4.21. The highest BCUT2D eigenvalue weighted by Gasteiger charge is 2.28. The minimum Gasteiger partial charge on any atom is -0.370 e. The third-order valence-corrected chi connectivity index (χ3v) is 4.21. The van der Waals surface area contributed by atoms with E-state index < -0.39 is 6.04 Å². The van der Waals surface area contributed by atoms with Crippen molar-refractivity contribution in [2.45, 2.75) is 38.8 Å². The Kier molecular flexibility index (Phi) is 4.33. The molecule has 120 valence electrons. The summed E-state index contributed by atoms with van der Waals surface area (Å²) < 4.78 is 13.2. The van der Waals surface area contributed by atoms with Gasteiger partial charge in [0.1, 0.15) is 11.9 Å². The first-order valence-corrected chi connectivity index (χ1v) is 7.92. The van der Waals surface area contributed by atoms with E-state index in [4.69, 9.17) is 0 Å². The van der Waals surface area contributed by atoms with Gasteiger partial charge in [0.05, 0.1) is 0 Å². The highest BCUT2D eigenvalue weighted by atomic mass is 19.1. The summed E-state index contributed by atoms with van der Waals surface area (Å²) >= 11 is 0. The van der Waals surface area contributed by atoms with Crippen LogP contribution in [0, 0.1) is 19.7 Å². The average Bonchev–Trinajstić information content (AvgIpc) is 3.33. The molecule has 0 bridgehead atoms. The van der Waals surface area contributed by atoms with E-state index in [1.165, 1.54) is 17.7 Å². The Morgan fingerprint density at radius 1 is 1.09 bits per heavy atom. The molecule has 0 aliphatic heterocycles. The molecule has 1 aliphatic rings. The summed E-state index contributed by atoms with van der Waals surface area (Å²) in [6, 6.07) is 11.8. The van der Waals surface area contributed by atoms with Crippen LogP contribution < -0.4 is 10.6 Å². The molecule has 2 aromatic carbocycles. The van der Waals surface area contributed by atoms with Crippen LogP contribution in [0.5, 0.6) is 0 Å². The molecule has 0 aromatic heterocycles. The number of anilines is 1. The zero-order valence-electron chi connectivity index (χ0n) is 13.4. The molecule has 1 fully saturated rings. The van der Waals surface area contributed by atoms with Crippen LogP contribution >= 0.6 is 0 Å². The van der Waals surface area contributed by atoms with Crippen molar-refractivity contribution < 1.29 is 9.18 Å². The van der Waals surface area contributed by atoms with Gasteiger partial charge in [-0.15, -0.1) is 0 Å². The molecular formula is C19H21FN2O. The van der Waals surface area contributed by atoms with Crippen LogP contribution in [0.25, 0.3) is 0 Å². The Bertz CT molecular complexity index is 708. The van der Waals surface area contributed by atoms with Gasteiger partial charge in [0.2, 0.25) is 5.91 Å². The van der Waals surface area contributed by atoms with E-state index >= 15 is 0 Å². The predicted molar refractivity (Wildman–Crippen MR) is 89.8 cm³/mol. The topological polar surface area (TPSA) is 41.1 Å². The van der Waals surface area contributed by atoms with Gasteiger partial charge in [-0.3, -0.25) is 4.79 Å². The molecule has 0 radical (unpaired) electrons. The second kappa shape index (κ2) is 6.41. The van der Waals surface area contributed by atoms with Crippen molar-refractivity contribution in [3.05, 3.63) is 65.0 Å². The summed E-state index contributed by atoms with van der Waals surface area (Å²) in [4.78, 5) is 12.6. The van der Waals surface area contributed by atoms with E-state index in [9.17, 15) is 9.18 Å². The molecule has 0 unspecified atom stereocenters. The summed E-state index contributed by atoms with van der Waals surface area (Å²) in [7, 11) is 0. The first-order chi connectivity index (χ1) is 11.0. The van der Waals surface area contributed by atoms with Crippen LogP contribution in [-0.2, 0) is 4.79 Å². The zero-order chi connectivity index (χ0) is 16.4. The summed E-state index contributed by atoms with van der Waals surface area (Å²) in [5.41, 5.74) is 4.00. The number of aryl methyl sites for hydroxylation is 2. The molecule has 2 aromatic rings. The number of carbonyl (C=O) groups is 1. The molecule has 0 spiro atoms. The fourth-order valence-electron chi connectivity index (χ4n) is 2.47. The predicted octanol–water partition coefficient (Wildman–Crippen LogP) is 3.87. The highest BCUT2D eigenvalue weighted by molar-refractivity contribution is 5.86. The molecule has 4 heteroatoms. The molecule has 1 atom stereocenters. The minimum atomic E-state index is -0.529. The summed E-state index contributed by atoms with van der Waals surface area (Å²) in [6.07, 6.45) is 2.07. The highest BCUT2D eigenvalue weighted by Crippen LogP contribution is 2.25. The van der Waals surface area contributed by atoms with Gasteiger partial charge in [0.25, 0.3) is 0 Å². The van der Waals surface area contributed by atoms with Crippen molar-refractivity contribution in [2.24, 2.45) is 0 Å². The number of hydrogen-bond donors (Lipinski definition) is 2. The van der Waals surface area contributed by atoms with Gasteiger partial charge in [-0.1, -0.05) is 18.2 Å². The van der Waals surface area contributed by atoms with E-state index in [-0.39, 0.29) is 17.8 Å². The Hall–Kier alpha value is -2.36. The SMILES string of the molecule is Cc1ccc(N[C@H](C(=O)NC2CC2)c2ccc(F)cc2)cc1C. The Morgan fingerprint density at radius 3 is 2.39 bits per heavy atom. The van der Waals surface area contributed by atoms with Crippen LogP contribution in [0.3, 0.4) is 0 Å². The number of benzene rings is 2. The fraction of sp³-hybridized carbons (Fsp3) is 0.316. The van der Waals surface area contributed by atoms with E-state index in [0.29, 0.717) is 0 Å². The molecule has 1 amide bonds. The number of hydrogen-bond acceptors (Lipinski definition) is 2. The summed E-state index contributed by atoms with van der Waals surface area (Å²) in [5.74, 6) is -0.376. The van der Waals surface area contributed by atoms with Gasteiger partial charge in [0, 0.05) is 11.7 Å². The van der Waals surface area contributed by atoms with Crippen LogP contribution in [0.2, 0.25) is 0 Å². The Morgan fingerprint density at radius 2 is 1.78 bits per heavy atom. The molecule has 1 saturated carbocycles. The van der Waals surface area contributed by atoms with Gasteiger partial charge in [-0.25, -0.2) is 4.39 Å². The lowest BCUT2D eigenvalue weighted by molar-refractivity contribution is -0.122. The van der Waals surface area contributed by atoms with Crippen LogP contribution in [0.1, 0.15) is 35.6 Å². The van der Waals surface area contributed by atoms with Crippen molar-refractivity contribution in [1.29, 1.82) is 0 Å². The third kappa shape index (κ3) is 3.89. The fourth-order valence-corrected chi connectivity index (χ4v) is 2.47. The summed E-state index contributed by atoms with van der Waals surface area (Å²) in [5, 5.41) is 6.30. The van der Waals surface area contributed by atoms with Crippen molar-refractivity contribution in [2.75, 3.05) is 5.32 Å². The van der Waals surface area contributed by atoms with Crippen LogP contribution in [-0.4, -0.2) is 11.9 Å². The largest absolute Gasteiger partial charge is 0.370 e. The van der Waals surface area contributed by atoms with Crippen molar-refractivity contribution in [3.63, 3.8) is 0 Å². The quantitative estimate of drug-likeness (QED) is 0.880. The van der Waals surface area contributed by atoms with E-state index in [1.54, 1.807) is 12.1 Å². The normalized spacial score (nSPS) is 15.1. The van der Waals surface area contributed by atoms with Crippen molar-refractivity contribution in [3.8, 4) is 0 Å². The smallest absolute Gasteiger partial charge is 0.247 e. The molecule has 3 rings (SSSR count). The second-order valence-electron chi connectivity index (χ2n) is 6.21. The van der Waals surface area contributed by atoms with Gasteiger partial charge < -0.3 is 10.6 Å². The van der Waals surface area contributed by atoms with E-state index in [0.717, 1.165) is 29.7 Å². The Labute approximate surface area is 135 Å². The first-order valence-electron chi connectivity index (χ1n) is 7.92. The van der Waals surface area contributed by atoms with Gasteiger partial charge in [0.15, 0.2) is 0 Å². The molecular weight excluding hydrogens is 291 g/mol. The molecule has 0 saturated heterocycles. The lowest BCUT2D eigenvalue weighted by atomic mass is 10.0. The van der Waals surface area contributed by atoms with Crippen molar-refractivity contribution >= 4 is 11.6 Å². The minimum absolute atomic E-state index is 0.0719. The molecule has 2 N–H and O–H groups in total.